The molecule has 0 spiro atoms. The van der Waals surface area contributed by atoms with Crippen molar-refractivity contribution in [2.24, 2.45) is 0 Å². The number of hydrogen-bond donors (Lipinski definition) is 1. The lowest BCUT2D eigenvalue weighted by Gasteiger charge is -2.18. The van der Waals surface area contributed by atoms with Gasteiger partial charge >= 0.3 is 0 Å². The number of halogens is 1. The number of nitrogens with zero attached hydrogens (tertiary/aromatic N) is 2. The summed E-state index contributed by atoms with van der Waals surface area (Å²) < 4.78 is 1.31. The number of nitrogens with one attached hydrogen (secondary N) is 1. The highest BCUT2D eigenvalue weighted by Gasteiger charge is 2.18. The van der Waals surface area contributed by atoms with Crippen LogP contribution in [0, 0.1) is 0 Å². The van der Waals surface area contributed by atoms with E-state index in [1.165, 1.54) is 10.9 Å². The normalized spacial score (nSPS) is 12.0. The minimum absolute atomic E-state index is 0.112. The van der Waals surface area contributed by atoms with E-state index in [4.69, 9.17) is 11.6 Å². The SMILES string of the molecule is O=C(Cn1cnc2cc(Cl)ccc2c1=O)NC(c1ccccc1)c1cccs1. The van der Waals surface area contributed by atoms with Gasteiger partial charge in [-0.3, -0.25) is 14.2 Å². The van der Waals surface area contributed by atoms with Gasteiger partial charge in [-0.2, -0.15) is 0 Å². The highest BCUT2D eigenvalue weighted by atomic mass is 35.5. The summed E-state index contributed by atoms with van der Waals surface area (Å²) >= 11 is 7.52. The van der Waals surface area contributed by atoms with E-state index in [1.54, 1.807) is 29.5 Å². The number of fused-ring (bicyclic) bond motifs is 1. The molecule has 0 saturated carbocycles. The van der Waals surface area contributed by atoms with Gasteiger partial charge < -0.3 is 5.32 Å². The van der Waals surface area contributed by atoms with Gasteiger partial charge in [0.05, 0.1) is 23.3 Å². The standard InChI is InChI=1S/C21H16ClN3O2S/c22-15-8-9-16-17(11-15)23-13-25(21(16)27)12-19(26)24-20(18-7-4-10-28-18)14-5-2-1-3-6-14/h1-11,13,20H,12H2,(H,24,26). The average molecular weight is 410 g/mol. The minimum Gasteiger partial charge on any atom is -0.343 e. The molecule has 0 aliphatic rings. The Kier molecular flexibility index (Phi) is 5.23. The molecule has 2 aromatic carbocycles. The number of aromatic nitrogens is 2. The van der Waals surface area contributed by atoms with Gasteiger partial charge in [0.1, 0.15) is 6.54 Å². The molecule has 1 atom stereocenters. The predicted molar refractivity (Wildman–Crippen MR) is 112 cm³/mol. The smallest absolute Gasteiger partial charge is 0.261 e. The van der Waals surface area contributed by atoms with E-state index in [2.05, 4.69) is 10.3 Å². The Labute approximate surface area is 170 Å². The average Bonchev–Trinajstić information content (AvgIpc) is 3.23. The predicted octanol–water partition coefficient (Wildman–Crippen LogP) is 4.02. The van der Waals surface area contributed by atoms with Crippen LogP contribution in [-0.2, 0) is 11.3 Å². The van der Waals surface area contributed by atoms with E-state index in [0.29, 0.717) is 15.9 Å². The highest BCUT2D eigenvalue weighted by Crippen LogP contribution is 2.25. The van der Waals surface area contributed by atoms with Gasteiger partial charge in [0, 0.05) is 9.90 Å². The topological polar surface area (TPSA) is 64.0 Å². The molecule has 0 aliphatic heterocycles. The van der Waals surface area contributed by atoms with Crippen molar-refractivity contribution in [1.82, 2.24) is 14.9 Å². The number of hydrogen-bond acceptors (Lipinski definition) is 4. The molecule has 0 bridgehead atoms. The summed E-state index contributed by atoms with van der Waals surface area (Å²) in [5.41, 5.74) is 1.22. The maximum atomic E-state index is 12.7. The number of carbonyl (C=O) groups is 1. The van der Waals surface area contributed by atoms with Gasteiger partial charge in [-0.05, 0) is 35.2 Å². The van der Waals surface area contributed by atoms with Gasteiger partial charge in [0.25, 0.3) is 5.56 Å². The van der Waals surface area contributed by atoms with Crippen LogP contribution in [-0.4, -0.2) is 15.5 Å². The van der Waals surface area contributed by atoms with E-state index in [-0.39, 0.29) is 24.1 Å². The lowest BCUT2D eigenvalue weighted by Crippen LogP contribution is -2.35. The second kappa shape index (κ2) is 7.96. The van der Waals surface area contributed by atoms with Crippen LogP contribution < -0.4 is 10.9 Å². The molecule has 1 unspecified atom stereocenters. The van der Waals surface area contributed by atoms with Gasteiger partial charge in [-0.15, -0.1) is 11.3 Å². The lowest BCUT2D eigenvalue weighted by atomic mass is 10.1. The summed E-state index contributed by atoms with van der Waals surface area (Å²) in [6.45, 7) is -0.112. The molecule has 1 N–H and O–H groups in total. The largest absolute Gasteiger partial charge is 0.343 e. The Morgan fingerprint density at radius 3 is 2.71 bits per heavy atom. The number of amides is 1. The second-order valence-electron chi connectivity index (χ2n) is 6.27. The summed E-state index contributed by atoms with van der Waals surface area (Å²) in [7, 11) is 0. The van der Waals surface area contributed by atoms with Crippen molar-refractivity contribution in [3.63, 3.8) is 0 Å². The molecule has 2 heterocycles. The Morgan fingerprint density at radius 1 is 1.14 bits per heavy atom. The van der Waals surface area contributed by atoms with E-state index in [0.717, 1.165) is 10.4 Å². The molecule has 0 radical (unpaired) electrons. The summed E-state index contributed by atoms with van der Waals surface area (Å²) in [5, 5.41) is 5.94. The Hall–Kier alpha value is -2.96. The maximum Gasteiger partial charge on any atom is 0.261 e. The highest BCUT2D eigenvalue weighted by molar-refractivity contribution is 7.10. The lowest BCUT2D eigenvalue weighted by molar-refractivity contribution is -0.122. The Balaban J connectivity index is 1.59. The van der Waals surface area contributed by atoms with Crippen LogP contribution in [0.15, 0.2) is 77.2 Å². The molecular formula is C21H16ClN3O2S. The number of benzene rings is 2. The number of rotatable bonds is 5. The fourth-order valence-electron chi connectivity index (χ4n) is 3.03. The van der Waals surface area contributed by atoms with Crippen molar-refractivity contribution in [2.75, 3.05) is 0 Å². The van der Waals surface area contributed by atoms with Crippen molar-refractivity contribution >= 4 is 39.7 Å². The molecule has 4 aromatic rings. The van der Waals surface area contributed by atoms with E-state index >= 15 is 0 Å². The first kappa shape index (κ1) is 18.4. The Bertz CT molecular complexity index is 1170. The van der Waals surface area contributed by atoms with Crippen molar-refractivity contribution in [3.8, 4) is 0 Å². The first-order chi connectivity index (χ1) is 13.6. The van der Waals surface area contributed by atoms with Gasteiger partial charge in [0.2, 0.25) is 5.91 Å². The van der Waals surface area contributed by atoms with Crippen LogP contribution in [0.5, 0.6) is 0 Å². The van der Waals surface area contributed by atoms with Gasteiger partial charge in [-0.1, -0.05) is 48.0 Å². The molecule has 0 aliphatic carbocycles. The zero-order chi connectivity index (χ0) is 19.5. The second-order valence-corrected chi connectivity index (χ2v) is 7.68. The molecule has 4 rings (SSSR count). The number of thiophene rings is 1. The molecule has 5 nitrogen and oxygen atoms in total. The van der Waals surface area contributed by atoms with Gasteiger partial charge in [-0.25, -0.2) is 4.98 Å². The summed E-state index contributed by atoms with van der Waals surface area (Å²) in [6, 6.07) is 18.3. The van der Waals surface area contributed by atoms with Crippen LogP contribution in [0.25, 0.3) is 10.9 Å². The summed E-state index contributed by atoms with van der Waals surface area (Å²) in [6.07, 6.45) is 1.38. The fourth-order valence-corrected chi connectivity index (χ4v) is 3.99. The molecular weight excluding hydrogens is 394 g/mol. The first-order valence-electron chi connectivity index (χ1n) is 8.64. The third-order valence-corrected chi connectivity index (χ3v) is 5.54. The molecule has 7 heteroatoms. The quantitative estimate of drug-likeness (QED) is 0.541. The monoisotopic (exact) mass is 409 g/mol. The minimum atomic E-state index is -0.274. The third-order valence-electron chi connectivity index (χ3n) is 4.37. The zero-order valence-electron chi connectivity index (χ0n) is 14.7. The summed E-state index contributed by atoms with van der Waals surface area (Å²) in [5.74, 6) is -0.264. The van der Waals surface area contributed by atoms with Crippen molar-refractivity contribution in [2.45, 2.75) is 12.6 Å². The van der Waals surface area contributed by atoms with E-state index < -0.39 is 0 Å². The maximum absolute atomic E-state index is 12.7. The molecule has 28 heavy (non-hydrogen) atoms. The summed E-state index contributed by atoms with van der Waals surface area (Å²) in [4.78, 5) is 30.7. The van der Waals surface area contributed by atoms with Crippen molar-refractivity contribution in [1.29, 1.82) is 0 Å². The van der Waals surface area contributed by atoms with Crippen LogP contribution in [0.4, 0.5) is 0 Å². The molecule has 0 saturated heterocycles. The van der Waals surface area contributed by atoms with Crippen LogP contribution >= 0.6 is 22.9 Å². The fraction of sp³-hybridized carbons (Fsp3) is 0.0952. The first-order valence-corrected chi connectivity index (χ1v) is 9.90. The molecule has 2 aromatic heterocycles. The molecule has 140 valence electrons. The van der Waals surface area contributed by atoms with E-state index in [9.17, 15) is 9.59 Å². The Morgan fingerprint density at radius 2 is 1.96 bits per heavy atom. The van der Waals surface area contributed by atoms with E-state index in [1.807, 2.05) is 47.8 Å². The van der Waals surface area contributed by atoms with Crippen LogP contribution in [0.3, 0.4) is 0 Å². The zero-order valence-corrected chi connectivity index (χ0v) is 16.3. The van der Waals surface area contributed by atoms with Crippen molar-refractivity contribution in [3.05, 3.63) is 98.2 Å². The molecule has 1 amide bonds. The number of carbonyl (C=O) groups excluding carboxylic acids is 1. The van der Waals surface area contributed by atoms with Gasteiger partial charge in [0.15, 0.2) is 0 Å². The van der Waals surface area contributed by atoms with Crippen molar-refractivity contribution < 1.29 is 4.79 Å². The third kappa shape index (κ3) is 3.83. The van der Waals surface area contributed by atoms with Crippen LogP contribution in [0.2, 0.25) is 5.02 Å². The molecule has 0 fully saturated rings. The van der Waals surface area contributed by atoms with Crippen LogP contribution in [0.1, 0.15) is 16.5 Å².